The molecule has 5 heterocycles. The van der Waals surface area contributed by atoms with Crippen LogP contribution in [0, 0.1) is 0 Å². The van der Waals surface area contributed by atoms with Gasteiger partial charge in [-0.3, -0.25) is 0 Å². The Hall–Kier alpha value is -3.78. The summed E-state index contributed by atoms with van der Waals surface area (Å²) in [6.07, 6.45) is 5.65. The average molecular weight is 808 g/mol. The maximum atomic E-state index is 6.55. The third kappa shape index (κ3) is 4.91. The normalized spacial score (nSPS) is 23.8. The van der Waals surface area contributed by atoms with Gasteiger partial charge in [0.15, 0.2) is 18.1 Å². The fourth-order valence-electron chi connectivity index (χ4n) is 7.39. The highest BCUT2D eigenvalue weighted by Gasteiger charge is 2.48. The number of nitrogens with one attached hydrogen (secondary N) is 5. The number of aromatic nitrogens is 3. The number of hydrogen-bond donors (Lipinski definition) is 7. The largest absolute Gasteiger partial charge is 0.370 e. The molecule has 3 aromatic heterocycles. The molecule has 6 aromatic rings. The Bertz CT molecular complexity index is 2180. The number of H-pyrrole nitrogens is 3. The molecule has 2 aliphatic rings. The van der Waals surface area contributed by atoms with Crippen molar-refractivity contribution in [3.8, 4) is 0 Å². The van der Waals surface area contributed by atoms with E-state index < -0.39 is 6.23 Å². The zero-order valence-corrected chi connectivity index (χ0v) is 29.2. The molecule has 13 heteroatoms. The monoisotopic (exact) mass is 805 g/mol. The van der Waals surface area contributed by atoms with Crippen LogP contribution in [0.2, 0.25) is 0 Å². The third-order valence-electron chi connectivity index (χ3n) is 9.29. The van der Waals surface area contributed by atoms with E-state index >= 15 is 0 Å². The Balaban J connectivity index is 1.35. The van der Waals surface area contributed by atoms with E-state index in [1.54, 1.807) is 7.11 Å². The van der Waals surface area contributed by atoms with Crippen LogP contribution < -0.4 is 22.1 Å². The fourth-order valence-corrected chi connectivity index (χ4v) is 8.47. The SMILES string of the molecule is COC1N=C(N)NC(C(c2c[nH]c3cc(Br)ccc23)C2NC(N)=NC2c2c[nH]c3cc(Br)ccc23)C1c1c[nH]c2cc(Br)ccc12. The molecular formula is C33H30Br3N9O. The van der Waals surface area contributed by atoms with E-state index in [0.717, 1.165) is 62.8 Å². The van der Waals surface area contributed by atoms with E-state index in [2.05, 4.69) is 134 Å². The molecule has 0 fully saturated rings. The number of fused-ring (bicyclic) bond motifs is 3. The van der Waals surface area contributed by atoms with E-state index in [1.807, 2.05) is 12.3 Å². The van der Waals surface area contributed by atoms with Crippen LogP contribution in [0.3, 0.4) is 0 Å². The molecule has 6 atom stereocenters. The first kappa shape index (κ1) is 29.6. The van der Waals surface area contributed by atoms with Gasteiger partial charge in [0.05, 0.1) is 12.0 Å². The van der Waals surface area contributed by atoms with Gasteiger partial charge in [0.1, 0.15) is 6.04 Å². The average Bonchev–Trinajstić information content (AvgIpc) is 3.82. The second-order valence-corrected chi connectivity index (χ2v) is 14.5. The minimum atomic E-state index is -0.542. The summed E-state index contributed by atoms with van der Waals surface area (Å²) in [4.78, 5) is 20.2. The number of nitrogens with zero attached hydrogens (tertiary/aromatic N) is 2. The maximum absolute atomic E-state index is 6.55. The van der Waals surface area contributed by atoms with Gasteiger partial charge in [0.2, 0.25) is 0 Å². The minimum Gasteiger partial charge on any atom is -0.370 e. The highest BCUT2D eigenvalue weighted by Crippen LogP contribution is 2.47. The van der Waals surface area contributed by atoms with Crippen molar-refractivity contribution in [3.05, 3.63) is 103 Å². The van der Waals surface area contributed by atoms with Crippen molar-refractivity contribution in [1.82, 2.24) is 25.6 Å². The Labute approximate surface area is 289 Å². The van der Waals surface area contributed by atoms with E-state index in [1.165, 1.54) is 0 Å². The molecule has 0 amide bonds. The van der Waals surface area contributed by atoms with Gasteiger partial charge in [0, 0.05) is 89.4 Å². The lowest BCUT2D eigenvalue weighted by atomic mass is 9.72. The summed E-state index contributed by atoms with van der Waals surface area (Å²) in [6, 6.07) is 17.9. The van der Waals surface area contributed by atoms with Crippen LogP contribution in [0.25, 0.3) is 32.7 Å². The quantitative estimate of drug-likeness (QED) is 0.101. The predicted molar refractivity (Wildman–Crippen MR) is 194 cm³/mol. The molecule has 0 saturated carbocycles. The minimum absolute atomic E-state index is 0.220. The maximum Gasteiger partial charge on any atom is 0.191 e. The van der Waals surface area contributed by atoms with Crippen molar-refractivity contribution in [2.24, 2.45) is 21.5 Å². The number of benzene rings is 3. The fraction of sp³-hybridized carbons (Fsp3) is 0.212. The molecule has 10 nitrogen and oxygen atoms in total. The first-order valence-electron chi connectivity index (χ1n) is 14.8. The Morgan fingerprint density at radius 1 is 0.674 bits per heavy atom. The van der Waals surface area contributed by atoms with Crippen molar-refractivity contribution in [2.75, 3.05) is 7.11 Å². The molecule has 3 aromatic carbocycles. The van der Waals surface area contributed by atoms with Gasteiger partial charge in [-0.2, -0.15) is 0 Å². The molecule has 0 bridgehead atoms. The van der Waals surface area contributed by atoms with Crippen LogP contribution in [-0.4, -0.2) is 52.3 Å². The van der Waals surface area contributed by atoms with Gasteiger partial charge in [-0.15, -0.1) is 0 Å². The number of halogens is 3. The molecule has 0 radical (unpaired) electrons. The first-order chi connectivity index (χ1) is 22.3. The summed E-state index contributed by atoms with van der Waals surface area (Å²) in [6.45, 7) is 0. The van der Waals surface area contributed by atoms with Crippen molar-refractivity contribution in [2.45, 2.75) is 36.2 Å². The van der Waals surface area contributed by atoms with Gasteiger partial charge in [-0.05, 0) is 47.5 Å². The molecule has 46 heavy (non-hydrogen) atoms. The first-order valence-corrected chi connectivity index (χ1v) is 17.2. The number of guanidine groups is 2. The van der Waals surface area contributed by atoms with Gasteiger partial charge < -0.3 is 41.8 Å². The van der Waals surface area contributed by atoms with Crippen LogP contribution in [0.1, 0.15) is 34.6 Å². The second kappa shape index (κ2) is 11.5. The zero-order chi connectivity index (χ0) is 31.7. The van der Waals surface area contributed by atoms with Crippen LogP contribution in [0.15, 0.2) is 96.6 Å². The molecule has 9 N–H and O–H groups in total. The number of ether oxygens (including phenoxy) is 1. The van der Waals surface area contributed by atoms with E-state index in [0.29, 0.717) is 11.9 Å². The molecule has 0 spiro atoms. The van der Waals surface area contributed by atoms with Crippen molar-refractivity contribution < 1.29 is 4.74 Å². The van der Waals surface area contributed by atoms with E-state index in [9.17, 15) is 0 Å². The van der Waals surface area contributed by atoms with Crippen molar-refractivity contribution in [1.29, 1.82) is 0 Å². The number of methoxy groups -OCH3 is 1. The smallest absolute Gasteiger partial charge is 0.191 e. The van der Waals surface area contributed by atoms with E-state index in [-0.39, 0.29) is 30.0 Å². The highest BCUT2D eigenvalue weighted by atomic mass is 79.9. The predicted octanol–water partition coefficient (Wildman–Crippen LogP) is 6.57. The molecule has 234 valence electrons. The summed E-state index contributed by atoms with van der Waals surface area (Å²) in [5.74, 6) is 0.259. The highest BCUT2D eigenvalue weighted by molar-refractivity contribution is 9.11. The molecule has 6 unspecified atom stereocenters. The Morgan fingerprint density at radius 3 is 1.85 bits per heavy atom. The molecule has 0 saturated heterocycles. The standard InChI is InChI=1S/C33H30Br3N9O/c1-46-31-27(21-12-40-24-9-15(35)3-6-18(21)24)29(43-33(38)45-31)26(20-11-39-23-8-14(34)2-5-17(20)23)30-28(42-32(37)44-30)22-13-41-25-10-16(36)4-7-19(22)25/h2-13,26-31,39-41H,1H3,(H3,37,42,44)(H3,38,43,45). The number of rotatable bonds is 6. The molecule has 0 aliphatic carbocycles. The summed E-state index contributed by atoms with van der Waals surface area (Å²) in [5.41, 5.74) is 19.4. The molecular weight excluding hydrogens is 778 g/mol. The lowest BCUT2D eigenvalue weighted by Gasteiger charge is -2.43. The van der Waals surface area contributed by atoms with E-state index in [4.69, 9.17) is 26.2 Å². The number of aliphatic imine (C=N–C) groups is 2. The van der Waals surface area contributed by atoms with Crippen molar-refractivity contribution >= 4 is 92.4 Å². The zero-order valence-electron chi connectivity index (χ0n) is 24.5. The van der Waals surface area contributed by atoms with Gasteiger partial charge >= 0.3 is 0 Å². The number of aromatic amines is 3. The van der Waals surface area contributed by atoms with Crippen LogP contribution in [0.5, 0.6) is 0 Å². The number of hydrogen-bond acceptors (Lipinski definition) is 7. The lowest BCUT2D eigenvalue weighted by Crippen LogP contribution is -2.58. The summed E-state index contributed by atoms with van der Waals surface area (Å²) in [5, 5.41) is 10.5. The van der Waals surface area contributed by atoms with Crippen LogP contribution in [-0.2, 0) is 4.74 Å². The van der Waals surface area contributed by atoms with Gasteiger partial charge in [0.25, 0.3) is 0 Å². The van der Waals surface area contributed by atoms with Crippen LogP contribution >= 0.6 is 47.8 Å². The summed E-state index contributed by atoms with van der Waals surface area (Å²) in [7, 11) is 1.68. The Kier molecular flexibility index (Phi) is 7.39. The van der Waals surface area contributed by atoms with Crippen LogP contribution in [0.4, 0.5) is 0 Å². The summed E-state index contributed by atoms with van der Waals surface area (Å²) < 4.78 is 9.09. The number of nitrogens with two attached hydrogens (primary N) is 2. The molecule has 8 rings (SSSR count). The second-order valence-electron chi connectivity index (χ2n) is 11.8. The van der Waals surface area contributed by atoms with Crippen molar-refractivity contribution in [3.63, 3.8) is 0 Å². The summed E-state index contributed by atoms with van der Waals surface area (Å²) >= 11 is 10.9. The Morgan fingerprint density at radius 2 is 1.20 bits per heavy atom. The topological polar surface area (TPSA) is 157 Å². The third-order valence-corrected chi connectivity index (χ3v) is 10.8. The van der Waals surface area contributed by atoms with Gasteiger partial charge in [-0.1, -0.05) is 66.0 Å². The lowest BCUT2D eigenvalue weighted by molar-refractivity contribution is 0.0627. The van der Waals surface area contributed by atoms with Gasteiger partial charge in [-0.25, -0.2) is 9.98 Å². The molecule has 2 aliphatic heterocycles.